The van der Waals surface area contributed by atoms with Crippen LogP contribution in [0.15, 0.2) is 6.33 Å². The molecule has 0 saturated carbocycles. The first kappa shape index (κ1) is 25.2. The quantitative estimate of drug-likeness (QED) is 0.316. The van der Waals surface area contributed by atoms with Gasteiger partial charge in [0.1, 0.15) is 23.6 Å². The average Bonchev–Trinajstić information content (AvgIpc) is 3.31. The Bertz CT molecular complexity index is 1140. The molecule has 188 valence electrons. The van der Waals surface area contributed by atoms with Crippen LogP contribution in [0.5, 0.6) is 0 Å². The molecule has 2 aliphatic rings. The Morgan fingerprint density at radius 1 is 1.44 bits per heavy atom. The van der Waals surface area contributed by atoms with E-state index in [2.05, 4.69) is 25.4 Å². The molecule has 2 aliphatic heterocycles. The third-order valence-electron chi connectivity index (χ3n) is 5.49. The summed E-state index contributed by atoms with van der Waals surface area (Å²) in [6.45, 7) is 6.19. The van der Waals surface area contributed by atoms with Gasteiger partial charge in [0.2, 0.25) is 0 Å². The summed E-state index contributed by atoms with van der Waals surface area (Å²) in [5, 5.41) is 5.43. The third-order valence-corrected chi connectivity index (χ3v) is 7.62. The molecular weight excluding hydrogens is 494 g/mol. The van der Waals surface area contributed by atoms with Gasteiger partial charge in [-0.15, -0.1) is 11.6 Å². The first-order chi connectivity index (χ1) is 16.0. The molecule has 15 heteroatoms. The molecule has 0 amide bonds. The maximum Gasteiger partial charge on any atom is 0.406 e. The van der Waals surface area contributed by atoms with Crippen molar-refractivity contribution in [3.8, 4) is 0 Å². The second-order valence-electron chi connectivity index (χ2n) is 8.48. The number of anilines is 1. The van der Waals surface area contributed by atoms with Crippen LogP contribution < -0.4 is 10.4 Å². The van der Waals surface area contributed by atoms with E-state index in [1.165, 1.54) is 17.8 Å². The fraction of sp³-hybridized carbons (Fsp3) is 0.684. The Morgan fingerprint density at radius 2 is 2.18 bits per heavy atom. The summed E-state index contributed by atoms with van der Waals surface area (Å²) in [6, 6.07) is -1.02. The Hall–Kier alpha value is -1.89. The number of esters is 1. The van der Waals surface area contributed by atoms with Gasteiger partial charge >= 0.3 is 13.7 Å². The molecule has 2 aromatic rings. The Balaban J connectivity index is 1.61. The normalized spacial score (nSPS) is 32.1. The highest BCUT2D eigenvalue weighted by atomic mass is 35.5. The summed E-state index contributed by atoms with van der Waals surface area (Å²) in [6.07, 6.45) is -3.36. The number of hydrogen-bond acceptors (Lipinski definition) is 10. The van der Waals surface area contributed by atoms with E-state index in [9.17, 15) is 9.36 Å². The first-order valence-electron chi connectivity index (χ1n) is 10.7. The van der Waals surface area contributed by atoms with Crippen molar-refractivity contribution in [1.29, 1.82) is 0 Å². The van der Waals surface area contributed by atoms with Crippen molar-refractivity contribution in [1.82, 2.24) is 24.6 Å². The van der Waals surface area contributed by atoms with Crippen molar-refractivity contribution in [3.63, 3.8) is 0 Å². The van der Waals surface area contributed by atoms with E-state index in [4.69, 9.17) is 30.1 Å². The van der Waals surface area contributed by atoms with Gasteiger partial charge in [0, 0.05) is 7.05 Å². The zero-order valence-corrected chi connectivity index (χ0v) is 21.0. The van der Waals surface area contributed by atoms with Crippen LogP contribution in [0.3, 0.4) is 0 Å². The second-order valence-corrected chi connectivity index (χ2v) is 10.5. The zero-order chi connectivity index (χ0) is 24.8. The van der Waals surface area contributed by atoms with E-state index >= 15 is 4.39 Å². The molecule has 0 spiro atoms. The number of nitrogens with zero attached hydrogens (tertiary/aromatic N) is 4. The number of carbonyl (C=O) groups is 1. The number of alkyl halides is 2. The van der Waals surface area contributed by atoms with Crippen LogP contribution in [0.1, 0.15) is 32.8 Å². The molecule has 2 fully saturated rings. The molecule has 0 aliphatic carbocycles. The molecule has 4 heterocycles. The minimum atomic E-state index is -4.09. The number of halogens is 2. The summed E-state index contributed by atoms with van der Waals surface area (Å²) >= 11 is 6.17. The average molecular weight is 521 g/mol. The molecule has 6 atom stereocenters. The number of nitrogens with one attached hydrogen (secondary N) is 2. The van der Waals surface area contributed by atoms with E-state index in [1.54, 1.807) is 27.8 Å². The lowest BCUT2D eigenvalue weighted by Gasteiger charge is -2.39. The lowest BCUT2D eigenvalue weighted by molar-refractivity contribution is -0.149. The fourth-order valence-electron chi connectivity index (χ4n) is 3.89. The number of aryl methyl sites for hydroxylation is 1. The topological polar surface area (TPSA) is 139 Å². The van der Waals surface area contributed by atoms with Crippen LogP contribution in [0.25, 0.3) is 11.2 Å². The van der Waals surface area contributed by atoms with Gasteiger partial charge in [0.25, 0.3) is 0 Å². The van der Waals surface area contributed by atoms with Crippen molar-refractivity contribution < 1.29 is 32.3 Å². The first-order valence-corrected chi connectivity index (χ1v) is 12.8. The van der Waals surface area contributed by atoms with Gasteiger partial charge in [0.15, 0.2) is 29.4 Å². The van der Waals surface area contributed by atoms with Crippen LogP contribution in [0.2, 0.25) is 0 Å². The molecule has 4 rings (SSSR count). The van der Waals surface area contributed by atoms with E-state index in [0.29, 0.717) is 22.8 Å². The summed E-state index contributed by atoms with van der Waals surface area (Å²) < 4.78 is 52.6. The van der Waals surface area contributed by atoms with E-state index < -0.39 is 43.9 Å². The third kappa shape index (κ3) is 4.40. The van der Waals surface area contributed by atoms with Crippen LogP contribution in [-0.4, -0.2) is 75.0 Å². The lowest BCUT2D eigenvalue weighted by atomic mass is 9.99. The molecule has 0 aromatic carbocycles. The molecular formula is C19H27ClFN6O6P. The van der Waals surface area contributed by atoms with Gasteiger partial charge in [-0.05, 0) is 27.7 Å². The minimum absolute atomic E-state index is 0.193. The number of aromatic nitrogens is 4. The van der Waals surface area contributed by atoms with Crippen molar-refractivity contribution in [2.75, 3.05) is 24.9 Å². The molecule has 34 heavy (non-hydrogen) atoms. The summed E-state index contributed by atoms with van der Waals surface area (Å²) in [4.78, 5) is 25.1. The SMILES string of the molecule is CNc1nc(C)nc2c1ncn2[C@@H]1O[C@]2(CCl)COP(=O)(N[C@@H](C)C(=O)OC(C)C)O[C@H]2[C@H]1F. The Labute approximate surface area is 200 Å². The summed E-state index contributed by atoms with van der Waals surface area (Å²) in [5.74, 6) is 0.0908. The smallest absolute Gasteiger partial charge is 0.406 e. The van der Waals surface area contributed by atoms with E-state index in [0.717, 1.165) is 0 Å². The maximum atomic E-state index is 15.8. The molecule has 1 unspecified atom stereocenters. The highest BCUT2D eigenvalue weighted by Crippen LogP contribution is 2.57. The van der Waals surface area contributed by atoms with Crippen LogP contribution in [-0.2, 0) is 27.9 Å². The van der Waals surface area contributed by atoms with Crippen molar-refractivity contribution >= 4 is 42.3 Å². The predicted octanol–water partition coefficient (Wildman–Crippen LogP) is 2.47. The summed E-state index contributed by atoms with van der Waals surface area (Å²) in [7, 11) is -2.40. The highest BCUT2D eigenvalue weighted by molar-refractivity contribution is 7.51. The zero-order valence-electron chi connectivity index (χ0n) is 19.3. The standard InChI is InChI=1S/C19H27ClFN6O6P/c1-9(2)31-18(28)10(3)26-34(29)30-7-19(6-20)14(33-34)12(21)17(32-19)27-8-23-13-15(22-5)24-11(4)25-16(13)27/h8-10,12,14,17H,6-7H2,1-5H3,(H,26,29)(H,22,24,25)/t10-,12+,14-,17+,19+,34?/m0/s1. The number of carbonyl (C=O) groups excluding carboxylic acids is 1. The highest BCUT2D eigenvalue weighted by Gasteiger charge is 2.63. The number of rotatable bonds is 7. The number of ether oxygens (including phenoxy) is 2. The van der Waals surface area contributed by atoms with Gasteiger partial charge in [-0.25, -0.2) is 29.0 Å². The molecule has 2 N–H and O–H groups in total. The number of imidazole rings is 1. The molecule has 0 bridgehead atoms. The van der Waals surface area contributed by atoms with Crippen LogP contribution >= 0.6 is 19.3 Å². The van der Waals surface area contributed by atoms with Gasteiger partial charge in [-0.3, -0.25) is 18.4 Å². The van der Waals surface area contributed by atoms with Crippen molar-refractivity contribution in [2.24, 2.45) is 0 Å². The molecule has 0 radical (unpaired) electrons. The van der Waals surface area contributed by atoms with E-state index in [-0.39, 0.29) is 18.6 Å². The van der Waals surface area contributed by atoms with Crippen LogP contribution in [0.4, 0.5) is 10.2 Å². The van der Waals surface area contributed by atoms with Gasteiger partial charge in [-0.1, -0.05) is 0 Å². The molecule has 2 aromatic heterocycles. The lowest BCUT2D eigenvalue weighted by Crippen LogP contribution is -2.53. The van der Waals surface area contributed by atoms with E-state index in [1.807, 2.05) is 0 Å². The fourth-order valence-corrected chi connectivity index (χ4v) is 5.96. The Kier molecular flexibility index (Phi) is 6.89. The number of fused-ring (bicyclic) bond motifs is 2. The van der Waals surface area contributed by atoms with Crippen molar-refractivity contribution in [3.05, 3.63) is 12.2 Å². The van der Waals surface area contributed by atoms with Crippen LogP contribution in [0, 0.1) is 6.92 Å². The minimum Gasteiger partial charge on any atom is -0.462 e. The largest absolute Gasteiger partial charge is 0.462 e. The monoisotopic (exact) mass is 520 g/mol. The van der Waals surface area contributed by atoms with Crippen molar-refractivity contribution in [2.45, 2.75) is 63.9 Å². The second kappa shape index (κ2) is 9.29. The van der Waals surface area contributed by atoms with Gasteiger partial charge < -0.3 is 14.8 Å². The van der Waals surface area contributed by atoms with Gasteiger partial charge in [0.05, 0.1) is 24.9 Å². The molecule has 2 saturated heterocycles. The maximum absolute atomic E-state index is 15.8. The predicted molar refractivity (Wildman–Crippen MR) is 120 cm³/mol. The molecule has 12 nitrogen and oxygen atoms in total. The van der Waals surface area contributed by atoms with Gasteiger partial charge in [-0.2, -0.15) is 0 Å². The Morgan fingerprint density at radius 3 is 2.82 bits per heavy atom. The number of hydrogen-bond donors (Lipinski definition) is 2. The summed E-state index contributed by atoms with van der Waals surface area (Å²) in [5.41, 5.74) is -0.645.